The minimum atomic E-state index is 0.539. The number of aromatic nitrogens is 4. The number of hydrogen-bond acceptors (Lipinski definition) is 4. The van der Waals surface area contributed by atoms with Gasteiger partial charge in [-0.1, -0.05) is 19.3 Å². The average Bonchev–Trinajstić information content (AvgIpc) is 3.06. The first-order chi connectivity index (χ1) is 10.9. The highest BCUT2D eigenvalue weighted by molar-refractivity contribution is 5.98. The van der Waals surface area contributed by atoms with Gasteiger partial charge in [0.05, 0.1) is 5.69 Å². The zero-order chi connectivity index (χ0) is 14.8. The zero-order valence-electron chi connectivity index (χ0n) is 12.4. The summed E-state index contributed by atoms with van der Waals surface area (Å²) in [6.07, 6.45) is 15.5. The van der Waals surface area contributed by atoms with Gasteiger partial charge in [0, 0.05) is 47.3 Å². The van der Waals surface area contributed by atoms with Crippen LogP contribution in [0.1, 0.15) is 32.1 Å². The summed E-state index contributed by atoms with van der Waals surface area (Å²) in [6.45, 7) is 0. The number of rotatable bonds is 3. The Bertz CT molecular complexity index is 759. The summed E-state index contributed by atoms with van der Waals surface area (Å²) in [5.74, 6) is 0. The third-order valence-electron chi connectivity index (χ3n) is 4.41. The van der Waals surface area contributed by atoms with Crippen molar-refractivity contribution in [3.05, 3.63) is 37.2 Å². The molecular formula is C17H19N5. The Morgan fingerprint density at radius 1 is 1.05 bits per heavy atom. The fourth-order valence-corrected chi connectivity index (χ4v) is 3.27. The molecule has 0 radical (unpaired) electrons. The number of hydrogen-bond donors (Lipinski definition) is 2. The molecule has 22 heavy (non-hydrogen) atoms. The molecule has 0 saturated heterocycles. The minimum absolute atomic E-state index is 0.539. The maximum Gasteiger partial charge on any atom is 0.139 e. The van der Waals surface area contributed by atoms with Gasteiger partial charge in [0.1, 0.15) is 12.0 Å². The van der Waals surface area contributed by atoms with Gasteiger partial charge in [0.25, 0.3) is 0 Å². The highest BCUT2D eigenvalue weighted by Gasteiger charge is 2.18. The van der Waals surface area contributed by atoms with Crippen molar-refractivity contribution in [2.24, 2.45) is 0 Å². The zero-order valence-corrected chi connectivity index (χ0v) is 12.4. The molecule has 0 aromatic carbocycles. The number of nitrogens with one attached hydrogen (secondary N) is 2. The van der Waals surface area contributed by atoms with Crippen LogP contribution in [-0.2, 0) is 0 Å². The second kappa shape index (κ2) is 5.75. The lowest BCUT2D eigenvalue weighted by Crippen LogP contribution is -2.22. The minimum Gasteiger partial charge on any atom is -0.381 e. The Labute approximate surface area is 129 Å². The van der Waals surface area contributed by atoms with E-state index in [0.29, 0.717) is 6.04 Å². The molecule has 1 saturated carbocycles. The van der Waals surface area contributed by atoms with Gasteiger partial charge in [0.2, 0.25) is 0 Å². The van der Waals surface area contributed by atoms with Crippen LogP contribution in [0, 0.1) is 0 Å². The number of aromatic amines is 1. The van der Waals surface area contributed by atoms with Crippen molar-refractivity contribution in [3.63, 3.8) is 0 Å². The molecule has 0 spiro atoms. The van der Waals surface area contributed by atoms with Crippen molar-refractivity contribution in [1.29, 1.82) is 0 Å². The summed E-state index contributed by atoms with van der Waals surface area (Å²) in [4.78, 5) is 16.0. The first kappa shape index (κ1) is 13.2. The van der Waals surface area contributed by atoms with E-state index in [9.17, 15) is 0 Å². The molecule has 112 valence electrons. The van der Waals surface area contributed by atoms with E-state index in [0.717, 1.165) is 27.8 Å². The summed E-state index contributed by atoms with van der Waals surface area (Å²) in [5, 5.41) is 4.89. The molecule has 1 aliphatic rings. The highest BCUT2D eigenvalue weighted by Crippen LogP contribution is 2.34. The largest absolute Gasteiger partial charge is 0.381 e. The quantitative estimate of drug-likeness (QED) is 0.771. The molecular weight excluding hydrogens is 274 g/mol. The lowest BCUT2D eigenvalue weighted by molar-refractivity contribution is 0.463. The number of pyridine rings is 1. The van der Waals surface area contributed by atoms with Crippen LogP contribution in [0.2, 0.25) is 0 Å². The highest BCUT2D eigenvalue weighted by atomic mass is 14.9. The monoisotopic (exact) mass is 293 g/mol. The second-order valence-electron chi connectivity index (χ2n) is 5.89. The summed E-state index contributed by atoms with van der Waals surface area (Å²) < 4.78 is 0. The van der Waals surface area contributed by atoms with Crippen LogP contribution >= 0.6 is 0 Å². The maximum absolute atomic E-state index is 4.52. The summed E-state index contributed by atoms with van der Waals surface area (Å²) in [5.41, 5.74) is 4.13. The molecule has 0 bridgehead atoms. The van der Waals surface area contributed by atoms with Crippen molar-refractivity contribution in [3.8, 4) is 11.1 Å². The van der Waals surface area contributed by atoms with Gasteiger partial charge in [-0.3, -0.25) is 0 Å². The van der Waals surface area contributed by atoms with Crippen LogP contribution in [0.3, 0.4) is 0 Å². The van der Waals surface area contributed by atoms with Crippen molar-refractivity contribution in [1.82, 2.24) is 19.9 Å². The molecule has 5 nitrogen and oxygen atoms in total. The van der Waals surface area contributed by atoms with E-state index in [4.69, 9.17) is 0 Å². The van der Waals surface area contributed by atoms with Gasteiger partial charge in [-0.15, -0.1) is 0 Å². The van der Waals surface area contributed by atoms with E-state index in [2.05, 4.69) is 31.3 Å². The van der Waals surface area contributed by atoms with Crippen molar-refractivity contribution in [2.75, 3.05) is 5.32 Å². The van der Waals surface area contributed by atoms with E-state index < -0.39 is 0 Å². The third-order valence-corrected chi connectivity index (χ3v) is 4.41. The van der Waals surface area contributed by atoms with E-state index in [1.54, 1.807) is 6.33 Å². The van der Waals surface area contributed by atoms with Crippen LogP contribution in [-0.4, -0.2) is 26.0 Å². The molecule has 4 rings (SSSR count). The topological polar surface area (TPSA) is 66.5 Å². The van der Waals surface area contributed by atoms with Crippen LogP contribution in [0.15, 0.2) is 37.2 Å². The van der Waals surface area contributed by atoms with Crippen LogP contribution in [0.5, 0.6) is 0 Å². The van der Waals surface area contributed by atoms with Gasteiger partial charge < -0.3 is 10.3 Å². The smallest absolute Gasteiger partial charge is 0.139 e. The SMILES string of the molecule is c1ncc(-c2cnc3[nH]ccc3c2NC2CCCCC2)cn1. The molecule has 1 fully saturated rings. The second-order valence-corrected chi connectivity index (χ2v) is 5.89. The maximum atomic E-state index is 4.52. The molecule has 0 amide bonds. The van der Waals surface area contributed by atoms with E-state index in [-0.39, 0.29) is 0 Å². The fraction of sp³-hybridized carbons (Fsp3) is 0.353. The molecule has 5 heteroatoms. The number of anilines is 1. The summed E-state index contributed by atoms with van der Waals surface area (Å²) in [7, 11) is 0. The van der Waals surface area contributed by atoms with Crippen LogP contribution < -0.4 is 5.32 Å². The van der Waals surface area contributed by atoms with Crippen LogP contribution in [0.25, 0.3) is 22.2 Å². The molecule has 0 unspecified atom stereocenters. The van der Waals surface area contributed by atoms with Crippen molar-refractivity contribution < 1.29 is 0 Å². The summed E-state index contributed by atoms with van der Waals surface area (Å²) in [6, 6.07) is 2.62. The predicted molar refractivity (Wildman–Crippen MR) is 87.6 cm³/mol. The van der Waals surface area contributed by atoms with Crippen molar-refractivity contribution in [2.45, 2.75) is 38.1 Å². The molecule has 3 aromatic heterocycles. The third kappa shape index (κ3) is 2.43. The predicted octanol–water partition coefficient (Wildman–Crippen LogP) is 3.76. The number of fused-ring (bicyclic) bond motifs is 1. The van der Waals surface area contributed by atoms with E-state index in [1.807, 2.05) is 24.8 Å². The molecule has 3 heterocycles. The Balaban J connectivity index is 1.80. The Hall–Kier alpha value is -2.43. The first-order valence-corrected chi connectivity index (χ1v) is 7.90. The fourth-order valence-electron chi connectivity index (χ4n) is 3.27. The average molecular weight is 293 g/mol. The summed E-state index contributed by atoms with van der Waals surface area (Å²) >= 11 is 0. The van der Waals surface area contributed by atoms with Gasteiger partial charge >= 0.3 is 0 Å². The lowest BCUT2D eigenvalue weighted by atomic mass is 9.94. The normalized spacial score (nSPS) is 16.0. The van der Waals surface area contributed by atoms with Crippen LogP contribution in [0.4, 0.5) is 5.69 Å². The molecule has 2 N–H and O–H groups in total. The van der Waals surface area contributed by atoms with E-state index in [1.165, 1.54) is 32.1 Å². The van der Waals surface area contributed by atoms with Crippen molar-refractivity contribution >= 4 is 16.7 Å². The first-order valence-electron chi connectivity index (χ1n) is 7.90. The molecule has 0 atom stereocenters. The Morgan fingerprint density at radius 2 is 1.86 bits per heavy atom. The van der Waals surface area contributed by atoms with Gasteiger partial charge in [-0.25, -0.2) is 15.0 Å². The lowest BCUT2D eigenvalue weighted by Gasteiger charge is -2.25. The number of nitrogens with zero attached hydrogens (tertiary/aromatic N) is 3. The molecule has 1 aliphatic carbocycles. The molecule has 0 aliphatic heterocycles. The molecule has 3 aromatic rings. The Morgan fingerprint density at radius 3 is 2.68 bits per heavy atom. The Kier molecular flexibility index (Phi) is 3.46. The van der Waals surface area contributed by atoms with Gasteiger partial charge in [-0.2, -0.15) is 0 Å². The van der Waals surface area contributed by atoms with E-state index >= 15 is 0 Å². The standard InChI is InChI=1S/C17H19N5/c1-2-4-13(5-3-1)22-16-14-6-7-20-17(14)21-10-15(16)12-8-18-11-19-9-12/h6-11,13H,1-5H2,(H2,20,21,22). The van der Waals surface area contributed by atoms with Gasteiger partial charge in [0.15, 0.2) is 0 Å². The van der Waals surface area contributed by atoms with Gasteiger partial charge in [-0.05, 0) is 18.9 Å². The number of H-pyrrole nitrogens is 1.